The minimum Gasteiger partial charge on any atom is -0.327 e. The van der Waals surface area contributed by atoms with Gasteiger partial charge in [0.05, 0.1) is 20.4 Å². The van der Waals surface area contributed by atoms with Crippen LogP contribution < -0.4 is 0 Å². The Balaban J connectivity index is 2.52. The number of sulfone groups is 1. The zero-order valence-corrected chi connectivity index (χ0v) is 14.5. The highest BCUT2D eigenvalue weighted by Gasteiger charge is 2.14. The summed E-state index contributed by atoms with van der Waals surface area (Å²) in [6.07, 6.45) is 1.69. The van der Waals surface area contributed by atoms with Crippen LogP contribution in [0.5, 0.6) is 0 Å². The highest BCUT2D eigenvalue weighted by atomic mass is 127. The average Bonchev–Trinajstić information content (AvgIpc) is 2.64. The van der Waals surface area contributed by atoms with Crippen molar-refractivity contribution < 1.29 is 12.8 Å². The van der Waals surface area contributed by atoms with Crippen molar-refractivity contribution in [2.24, 2.45) is 0 Å². The predicted molar refractivity (Wildman–Crippen MR) is 86.5 cm³/mol. The Labute approximate surface area is 135 Å². The zero-order valence-electron chi connectivity index (χ0n) is 10.7. The summed E-state index contributed by atoms with van der Waals surface area (Å²) in [5.41, 5.74) is 1.26. The molecule has 0 saturated heterocycles. The number of benzene rings is 1. The summed E-state index contributed by atoms with van der Waals surface area (Å²) in [4.78, 5) is 4.42. The second kappa shape index (κ2) is 6.15. The second-order valence-electron chi connectivity index (χ2n) is 4.50. The number of aryl methyl sites for hydroxylation is 2. The summed E-state index contributed by atoms with van der Waals surface area (Å²) in [6, 6.07) is 3.05. The van der Waals surface area contributed by atoms with Crippen molar-refractivity contribution in [1.82, 2.24) is 9.55 Å². The molecule has 0 atom stereocenters. The van der Waals surface area contributed by atoms with E-state index in [1.165, 1.54) is 12.3 Å². The number of hydrogen-bond donors (Lipinski definition) is 0. The Morgan fingerprint density at radius 1 is 1.45 bits per heavy atom. The van der Waals surface area contributed by atoms with Crippen molar-refractivity contribution in [3.05, 3.63) is 27.3 Å². The monoisotopic (exact) mass is 430 g/mol. The highest BCUT2D eigenvalue weighted by molar-refractivity contribution is 14.1. The molecule has 0 aliphatic rings. The Kier molecular flexibility index (Phi) is 4.91. The van der Waals surface area contributed by atoms with E-state index in [1.807, 2.05) is 22.6 Å². The van der Waals surface area contributed by atoms with Gasteiger partial charge in [0, 0.05) is 31.2 Å². The minimum atomic E-state index is -3.10. The molecule has 0 fully saturated rings. The number of alkyl halides is 1. The third-order valence-electron chi connectivity index (χ3n) is 2.87. The van der Waals surface area contributed by atoms with Gasteiger partial charge >= 0.3 is 0 Å². The predicted octanol–water partition coefficient (Wildman–Crippen LogP) is 2.61. The van der Waals surface area contributed by atoms with Crippen LogP contribution in [0, 0.1) is 9.39 Å². The van der Waals surface area contributed by atoms with Gasteiger partial charge in [-0.15, -0.1) is 11.6 Å². The van der Waals surface area contributed by atoms with E-state index in [1.54, 1.807) is 10.6 Å². The molecule has 0 spiro atoms. The normalized spacial score (nSPS) is 12.2. The summed E-state index contributed by atoms with van der Waals surface area (Å²) in [5.74, 6) is 0.708. The van der Waals surface area contributed by atoms with Gasteiger partial charge in [-0.3, -0.25) is 0 Å². The van der Waals surface area contributed by atoms with Crippen LogP contribution in [-0.2, 0) is 22.8 Å². The summed E-state index contributed by atoms with van der Waals surface area (Å²) < 4.78 is 38.6. The smallest absolute Gasteiger partial charge is 0.149 e. The van der Waals surface area contributed by atoms with E-state index in [0.717, 1.165) is 0 Å². The molecule has 0 aliphatic heterocycles. The fraction of sp³-hybridized carbons (Fsp3) is 0.417. The third-order valence-corrected chi connectivity index (χ3v) is 4.81. The van der Waals surface area contributed by atoms with Crippen LogP contribution in [0.2, 0.25) is 0 Å². The molecular weight excluding hydrogens is 418 g/mol. The summed E-state index contributed by atoms with van der Waals surface area (Å²) in [7, 11) is -3.10. The molecule has 0 aliphatic carbocycles. The molecule has 2 aromatic rings. The van der Waals surface area contributed by atoms with E-state index in [2.05, 4.69) is 4.98 Å². The van der Waals surface area contributed by atoms with E-state index in [9.17, 15) is 12.8 Å². The number of hydrogen-bond acceptors (Lipinski definition) is 3. The standard InChI is InChI=1S/C12H13ClFIN2O2S/c1-20(18,19)5-4-17-11-6-8(14)9(15)7-10(11)16-12(17)2-3-13/h6-7H,2-5H2,1H3. The molecule has 1 aromatic carbocycles. The van der Waals surface area contributed by atoms with Gasteiger partial charge in [-0.2, -0.15) is 0 Å². The molecule has 20 heavy (non-hydrogen) atoms. The molecule has 1 heterocycles. The van der Waals surface area contributed by atoms with Gasteiger partial charge in [0.15, 0.2) is 0 Å². The van der Waals surface area contributed by atoms with E-state index < -0.39 is 9.84 Å². The van der Waals surface area contributed by atoms with E-state index in [0.29, 0.717) is 32.7 Å². The maximum absolute atomic E-state index is 13.7. The second-order valence-corrected chi connectivity index (χ2v) is 8.30. The van der Waals surface area contributed by atoms with Crippen LogP contribution in [0.4, 0.5) is 4.39 Å². The van der Waals surface area contributed by atoms with Gasteiger partial charge in [0.1, 0.15) is 21.5 Å². The number of fused-ring (bicyclic) bond motifs is 1. The Hall–Kier alpha value is -0.410. The van der Waals surface area contributed by atoms with E-state index in [-0.39, 0.29) is 18.1 Å². The fourth-order valence-electron chi connectivity index (χ4n) is 1.95. The lowest BCUT2D eigenvalue weighted by molar-refractivity contribution is 0.593. The third kappa shape index (κ3) is 3.62. The lowest BCUT2D eigenvalue weighted by atomic mass is 10.3. The first kappa shape index (κ1) is 16.0. The van der Waals surface area contributed by atoms with E-state index in [4.69, 9.17) is 11.6 Å². The molecule has 8 heteroatoms. The fourth-order valence-corrected chi connectivity index (χ4v) is 3.09. The number of aromatic nitrogens is 2. The lowest BCUT2D eigenvalue weighted by Gasteiger charge is -2.07. The SMILES string of the molecule is CS(=O)(=O)CCn1c(CCCl)nc2cc(I)c(F)cc21. The molecule has 0 unspecified atom stereocenters. The highest BCUT2D eigenvalue weighted by Crippen LogP contribution is 2.22. The van der Waals surface area contributed by atoms with Crippen molar-refractivity contribution in [3.63, 3.8) is 0 Å². The molecule has 1 aromatic heterocycles. The molecule has 2 rings (SSSR count). The molecule has 110 valence electrons. The maximum atomic E-state index is 13.7. The first-order valence-electron chi connectivity index (χ1n) is 5.89. The van der Waals surface area contributed by atoms with Gasteiger partial charge in [-0.05, 0) is 28.7 Å². The number of halogens is 3. The van der Waals surface area contributed by atoms with Crippen LogP contribution >= 0.6 is 34.2 Å². The molecular formula is C12H13ClFIN2O2S. The molecule has 0 amide bonds. The number of nitrogens with zero attached hydrogens (tertiary/aromatic N) is 2. The van der Waals surface area contributed by atoms with Crippen LogP contribution in [0.15, 0.2) is 12.1 Å². The van der Waals surface area contributed by atoms with Crippen molar-refractivity contribution in [1.29, 1.82) is 0 Å². The first-order chi connectivity index (χ1) is 9.31. The minimum absolute atomic E-state index is 0.0125. The summed E-state index contributed by atoms with van der Waals surface area (Å²) >= 11 is 7.64. The Bertz CT molecular complexity index is 745. The number of rotatable bonds is 5. The van der Waals surface area contributed by atoms with Crippen molar-refractivity contribution >= 4 is 55.1 Å². The van der Waals surface area contributed by atoms with Gasteiger partial charge in [-0.25, -0.2) is 17.8 Å². The van der Waals surface area contributed by atoms with Gasteiger partial charge in [0.2, 0.25) is 0 Å². The van der Waals surface area contributed by atoms with Gasteiger partial charge < -0.3 is 4.57 Å². The molecule has 0 bridgehead atoms. The average molecular weight is 431 g/mol. The molecule has 0 N–H and O–H groups in total. The van der Waals surface area contributed by atoms with Crippen molar-refractivity contribution in [2.75, 3.05) is 17.9 Å². The summed E-state index contributed by atoms with van der Waals surface area (Å²) in [5, 5.41) is 0. The van der Waals surface area contributed by atoms with Gasteiger partial charge in [-0.1, -0.05) is 0 Å². The summed E-state index contributed by atoms with van der Waals surface area (Å²) in [6.45, 7) is 0.252. The lowest BCUT2D eigenvalue weighted by Crippen LogP contribution is -2.13. The van der Waals surface area contributed by atoms with Crippen molar-refractivity contribution in [3.8, 4) is 0 Å². The maximum Gasteiger partial charge on any atom is 0.149 e. The Morgan fingerprint density at radius 3 is 2.75 bits per heavy atom. The van der Waals surface area contributed by atoms with Crippen LogP contribution in [0.1, 0.15) is 5.82 Å². The molecule has 0 saturated carbocycles. The van der Waals surface area contributed by atoms with E-state index >= 15 is 0 Å². The van der Waals surface area contributed by atoms with Crippen LogP contribution in [0.25, 0.3) is 11.0 Å². The van der Waals surface area contributed by atoms with Crippen LogP contribution in [0.3, 0.4) is 0 Å². The molecule has 4 nitrogen and oxygen atoms in total. The van der Waals surface area contributed by atoms with Crippen LogP contribution in [-0.4, -0.2) is 35.9 Å². The van der Waals surface area contributed by atoms with Crippen molar-refractivity contribution in [2.45, 2.75) is 13.0 Å². The number of imidazole rings is 1. The quantitative estimate of drug-likeness (QED) is 0.541. The largest absolute Gasteiger partial charge is 0.327 e. The zero-order chi connectivity index (χ0) is 14.9. The molecule has 0 radical (unpaired) electrons. The van der Waals surface area contributed by atoms with Gasteiger partial charge in [0.25, 0.3) is 0 Å². The Morgan fingerprint density at radius 2 is 2.15 bits per heavy atom. The topological polar surface area (TPSA) is 52.0 Å². The first-order valence-corrected chi connectivity index (χ1v) is 9.57.